The lowest BCUT2D eigenvalue weighted by atomic mass is 10.1. The highest BCUT2D eigenvalue weighted by Gasteiger charge is 2.07. The van der Waals surface area contributed by atoms with Crippen molar-refractivity contribution in [3.8, 4) is 0 Å². The molecule has 0 spiro atoms. The molecular formula is C20H19FN4O. The zero-order valence-electron chi connectivity index (χ0n) is 14.6. The Balaban J connectivity index is 1.61. The number of benzene rings is 2. The highest BCUT2D eigenvalue weighted by atomic mass is 19.1. The summed E-state index contributed by atoms with van der Waals surface area (Å²) in [6.45, 7) is 4.35. The van der Waals surface area contributed by atoms with Gasteiger partial charge in [0, 0.05) is 24.6 Å². The van der Waals surface area contributed by atoms with Crippen molar-refractivity contribution in [3.05, 3.63) is 82.9 Å². The number of aryl methyl sites for hydroxylation is 2. The summed E-state index contributed by atoms with van der Waals surface area (Å²) in [6.07, 6.45) is 2.94. The van der Waals surface area contributed by atoms with Crippen LogP contribution in [0.4, 0.5) is 16.0 Å². The third-order valence-corrected chi connectivity index (χ3v) is 3.76. The first kappa shape index (κ1) is 17.5. The maximum absolute atomic E-state index is 12.9. The third-order valence-electron chi connectivity index (χ3n) is 3.76. The zero-order chi connectivity index (χ0) is 18.5. The van der Waals surface area contributed by atoms with Gasteiger partial charge in [-0.05, 0) is 54.8 Å². The molecule has 3 aromatic rings. The molecule has 1 amide bonds. The minimum atomic E-state index is -0.305. The van der Waals surface area contributed by atoms with Crippen LogP contribution in [-0.4, -0.2) is 15.9 Å². The molecule has 0 atom stereocenters. The van der Waals surface area contributed by atoms with Gasteiger partial charge in [0.2, 0.25) is 5.95 Å². The van der Waals surface area contributed by atoms with E-state index in [0.29, 0.717) is 18.1 Å². The van der Waals surface area contributed by atoms with E-state index >= 15 is 0 Å². The molecule has 0 radical (unpaired) electrons. The largest absolute Gasteiger partial charge is 0.348 e. The van der Waals surface area contributed by atoms with Crippen molar-refractivity contribution in [2.24, 2.45) is 0 Å². The van der Waals surface area contributed by atoms with Crippen molar-refractivity contribution in [2.45, 2.75) is 20.4 Å². The van der Waals surface area contributed by atoms with E-state index in [-0.39, 0.29) is 11.7 Å². The number of rotatable bonds is 5. The summed E-state index contributed by atoms with van der Waals surface area (Å²) in [7, 11) is 0. The molecule has 2 aromatic carbocycles. The smallest absolute Gasteiger partial charge is 0.254 e. The molecule has 1 aromatic heterocycles. The number of halogens is 1. The number of nitrogens with one attached hydrogen (secondary N) is 2. The molecule has 3 rings (SSSR count). The molecular weight excluding hydrogens is 331 g/mol. The third kappa shape index (κ3) is 4.63. The summed E-state index contributed by atoms with van der Waals surface area (Å²) in [5.74, 6) is -0.169. The Bertz CT molecular complexity index is 888. The Morgan fingerprint density at radius 3 is 2.23 bits per heavy atom. The topological polar surface area (TPSA) is 66.9 Å². The molecule has 0 aliphatic heterocycles. The number of carbonyl (C=O) groups is 1. The van der Waals surface area contributed by atoms with Crippen molar-refractivity contribution in [1.82, 2.24) is 15.3 Å². The number of aromatic nitrogens is 2. The fourth-order valence-corrected chi connectivity index (χ4v) is 2.57. The Labute approximate surface area is 151 Å². The maximum atomic E-state index is 12.9. The minimum Gasteiger partial charge on any atom is -0.348 e. The second-order valence-corrected chi connectivity index (χ2v) is 6.11. The highest BCUT2D eigenvalue weighted by Crippen LogP contribution is 2.17. The summed E-state index contributed by atoms with van der Waals surface area (Å²) in [5.41, 5.74) is 4.36. The van der Waals surface area contributed by atoms with Gasteiger partial charge >= 0.3 is 0 Å². The molecule has 5 nitrogen and oxygen atoms in total. The van der Waals surface area contributed by atoms with E-state index < -0.39 is 0 Å². The van der Waals surface area contributed by atoms with Crippen LogP contribution in [-0.2, 0) is 6.54 Å². The van der Waals surface area contributed by atoms with Gasteiger partial charge in [0.05, 0.1) is 5.56 Å². The lowest BCUT2D eigenvalue weighted by Crippen LogP contribution is -2.23. The van der Waals surface area contributed by atoms with E-state index in [9.17, 15) is 9.18 Å². The van der Waals surface area contributed by atoms with Gasteiger partial charge in [-0.15, -0.1) is 0 Å². The van der Waals surface area contributed by atoms with Crippen LogP contribution in [0.3, 0.4) is 0 Å². The molecule has 0 bridgehead atoms. The number of amides is 1. The molecule has 0 saturated carbocycles. The summed E-state index contributed by atoms with van der Waals surface area (Å²) < 4.78 is 12.9. The monoisotopic (exact) mass is 350 g/mol. The Hall–Kier alpha value is -3.28. The summed E-state index contributed by atoms with van der Waals surface area (Å²) in [4.78, 5) is 20.5. The Morgan fingerprint density at radius 2 is 1.62 bits per heavy atom. The van der Waals surface area contributed by atoms with E-state index in [1.807, 2.05) is 26.0 Å². The first-order valence-corrected chi connectivity index (χ1v) is 8.19. The number of carbonyl (C=O) groups excluding carboxylic acids is 1. The number of nitrogens with zero attached hydrogens (tertiary/aromatic N) is 2. The standard InChI is InChI=1S/C20H19FN4O/c1-13-7-14(2)9-18(8-13)25-20-23-11-16(12-24-20)19(26)22-10-15-3-5-17(21)6-4-15/h3-9,11-12H,10H2,1-2H3,(H,22,26)(H,23,24,25). The van der Waals surface area contributed by atoms with Crippen molar-refractivity contribution >= 4 is 17.5 Å². The Morgan fingerprint density at radius 1 is 1.00 bits per heavy atom. The molecule has 0 fully saturated rings. The average Bonchev–Trinajstić information content (AvgIpc) is 2.61. The van der Waals surface area contributed by atoms with Crippen LogP contribution in [0.1, 0.15) is 27.0 Å². The van der Waals surface area contributed by atoms with Crippen LogP contribution >= 0.6 is 0 Å². The van der Waals surface area contributed by atoms with Crippen molar-refractivity contribution in [3.63, 3.8) is 0 Å². The molecule has 1 heterocycles. The first-order valence-electron chi connectivity index (χ1n) is 8.19. The SMILES string of the molecule is Cc1cc(C)cc(Nc2ncc(C(=O)NCc3ccc(F)cc3)cn2)c1. The number of hydrogen-bond donors (Lipinski definition) is 2. The van der Waals surface area contributed by atoms with Crippen molar-refractivity contribution in [1.29, 1.82) is 0 Å². The fraction of sp³-hybridized carbons (Fsp3) is 0.150. The van der Waals surface area contributed by atoms with Gasteiger partial charge in [0.1, 0.15) is 5.82 Å². The summed E-state index contributed by atoms with van der Waals surface area (Å²) in [5, 5.41) is 5.88. The highest BCUT2D eigenvalue weighted by molar-refractivity contribution is 5.93. The second-order valence-electron chi connectivity index (χ2n) is 6.11. The Kier molecular flexibility index (Phi) is 5.22. The van der Waals surface area contributed by atoms with Crippen LogP contribution < -0.4 is 10.6 Å². The van der Waals surface area contributed by atoms with Crippen LogP contribution in [0.2, 0.25) is 0 Å². The molecule has 132 valence electrons. The van der Waals surface area contributed by atoms with E-state index in [1.165, 1.54) is 24.5 Å². The molecule has 6 heteroatoms. The van der Waals surface area contributed by atoms with E-state index in [0.717, 1.165) is 22.4 Å². The van der Waals surface area contributed by atoms with Gasteiger partial charge in [-0.25, -0.2) is 14.4 Å². The summed E-state index contributed by atoms with van der Waals surface area (Å²) in [6, 6.07) is 12.1. The normalized spacial score (nSPS) is 10.4. The van der Waals surface area contributed by atoms with Crippen LogP contribution in [0.15, 0.2) is 54.9 Å². The maximum Gasteiger partial charge on any atom is 0.254 e. The first-order chi connectivity index (χ1) is 12.5. The van der Waals surface area contributed by atoms with Gasteiger partial charge in [0.15, 0.2) is 0 Å². The zero-order valence-corrected chi connectivity index (χ0v) is 14.6. The summed E-state index contributed by atoms with van der Waals surface area (Å²) >= 11 is 0. The lowest BCUT2D eigenvalue weighted by Gasteiger charge is -2.08. The fourth-order valence-electron chi connectivity index (χ4n) is 2.57. The van der Waals surface area contributed by atoms with Gasteiger partial charge in [-0.2, -0.15) is 0 Å². The predicted octanol–water partition coefficient (Wildman–Crippen LogP) is 3.91. The second kappa shape index (κ2) is 7.74. The van der Waals surface area contributed by atoms with E-state index in [2.05, 4.69) is 26.7 Å². The predicted molar refractivity (Wildman–Crippen MR) is 98.8 cm³/mol. The molecule has 2 N–H and O–H groups in total. The van der Waals surface area contributed by atoms with Crippen LogP contribution in [0.5, 0.6) is 0 Å². The van der Waals surface area contributed by atoms with Crippen molar-refractivity contribution < 1.29 is 9.18 Å². The molecule has 0 aliphatic rings. The molecule has 0 saturated heterocycles. The molecule has 26 heavy (non-hydrogen) atoms. The van der Waals surface area contributed by atoms with Crippen molar-refractivity contribution in [2.75, 3.05) is 5.32 Å². The van der Waals surface area contributed by atoms with Crippen LogP contribution in [0.25, 0.3) is 0 Å². The van der Waals surface area contributed by atoms with Gasteiger partial charge in [-0.3, -0.25) is 4.79 Å². The number of anilines is 2. The quantitative estimate of drug-likeness (QED) is 0.732. The lowest BCUT2D eigenvalue weighted by molar-refractivity contribution is 0.0950. The van der Waals surface area contributed by atoms with Gasteiger partial charge in [-0.1, -0.05) is 18.2 Å². The van der Waals surface area contributed by atoms with Gasteiger partial charge < -0.3 is 10.6 Å². The molecule has 0 unspecified atom stereocenters. The average molecular weight is 350 g/mol. The number of hydrogen-bond acceptors (Lipinski definition) is 4. The van der Waals surface area contributed by atoms with E-state index in [1.54, 1.807) is 12.1 Å². The molecule has 0 aliphatic carbocycles. The van der Waals surface area contributed by atoms with Gasteiger partial charge in [0.25, 0.3) is 5.91 Å². The van der Waals surface area contributed by atoms with E-state index in [4.69, 9.17) is 0 Å². The van der Waals surface area contributed by atoms with Crippen LogP contribution in [0, 0.1) is 19.7 Å². The minimum absolute atomic E-state index is 0.285.